The topological polar surface area (TPSA) is 56.2 Å². The normalized spacial score (nSPS) is 20.3. The summed E-state index contributed by atoms with van der Waals surface area (Å²) < 4.78 is 44.0. The van der Waals surface area contributed by atoms with E-state index in [1.165, 1.54) is 0 Å². The quantitative estimate of drug-likeness (QED) is 0.921. The van der Waals surface area contributed by atoms with Crippen molar-refractivity contribution < 1.29 is 22.7 Å². The molecule has 0 aliphatic carbocycles. The third kappa shape index (κ3) is 4.46. The molecule has 0 saturated carbocycles. The number of hydrogen-bond acceptors (Lipinski definition) is 3. The Balaban J connectivity index is 2.11. The van der Waals surface area contributed by atoms with Gasteiger partial charge in [0.25, 0.3) is 0 Å². The molecule has 1 fully saturated rings. The van der Waals surface area contributed by atoms with Gasteiger partial charge in [-0.25, -0.2) is 0 Å². The Morgan fingerprint density at radius 1 is 1.48 bits per heavy atom. The average molecular weight is 333 g/mol. The largest absolute Gasteiger partial charge is 0.408 e. The van der Waals surface area contributed by atoms with E-state index in [1.54, 1.807) is 20.8 Å². The van der Waals surface area contributed by atoms with E-state index in [0.717, 1.165) is 17.5 Å². The van der Waals surface area contributed by atoms with E-state index >= 15 is 0 Å². The summed E-state index contributed by atoms with van der Waals surface area (Å²) in [4.78, 5) is 12.4. The molecule has 8 heteroatoms. The molecule has 1 aliphatic rings. The summed E-state index contributed by atoms with van der Waals surface area (Å²) in [6, 6.07) is -0.0375. The standard InChI is InChI=1S/C15H22F3N3O2/c1-9(14(22)19-12-5-4-6-23-7-12)13-10(2)20-21(11(13)3)8-15(16,17)18/h9,12H,4-8H2,1-3H3,(H,19,22)/t9-,12-/m1/s1. The molecule has 23 heavy (non-hydrogen) atoms. The number of nitrogens with zero attached hydrogens (tertiary/aromatic N) is 2. The smallest absolute Gasteiger partial charge is 0.379 e. The number of carbonyl (C=O) groups is 1. The molecule has 1 aliphatic heterocycles. The van der Waals surface area contributed by atoms with Crippen LogP contribution in [0.4, 0.5) is 13.2 Å². The molecule has 1 aromatic rings. The molecule has 0 radical (unpaired) electrons. The summed E-state index contributed by atoms with van der Waals surface area (Å²) in [5.41, 5.74) is 1.39. The third-order valence-corrected chi connectivity index (χ3v) is 4.10. The van der Waals surface area contributed by atoms with Crippen LogP contribution in [0.15, 0.2) is 0 Å². The zero-order chi connectivity index (χ0) is 17.2. The Morgan fingerprint density at radius 3 is 2.74 bits per heavy atom. The highest BCUT2D eigenvalue weighted by atomic mass is 19.4. The zero-order valence-corrected chi connectivity index (χ0v) is 13.5. The van der Waals surface area contributed by atoms with Crippen molar-refractivity contribution in [2.75, 3.05) is 13.2 Å². The first kappa shape index (κ1) is 17.8. The summed E-state index contributed by atoms with van der Waals surface area (Å²) in [6.45, 7) is 4.91. The number of rotatable bonds is 4. The minimum atomic E-state index is -4.34. The van der Waals surface area contributed by atoms with Crippen LogP contribution in [-0.2, 0) is 16.1 Å². The molecule has 2 atom stereocenters. The van der Waals surface area contributed by atoms with E-state index in [1.807, 2.05) is 0 Å². The highest BCUT2D eigenvalue weighted by Crippen LogP contribution is 2.26. The Bertz CT molecular complexity index is 563. The van der Waals surface area contributed by atoms with E-state index in [4.69, 9.17) is 4.74 Å². The molecule has 5 nitrogen and oxygen atoms in total. The van der Waals surface area contributed by atoms with E-state index in [2.05, 4.69) is 10.4 Å². The van der Waals surface area contributed by atoms with Crippen LogP contribution in [0, 0.1) is 13.8 Å². The number of nitrogens with one attached hydrogen (secondary N) is 1. The van der Waals surface area contributed by atoms with Crippen LogP contribution in [0.5, 0.6) is 0 Å². The van der Waals surface area contributed by atoms with Crippen molar-refractivity contribution in [3.63, 3.8) is 0 Å². The summed E-state index contributed by atoms with van der Waals surface area (Å²) in [5.74, 6) is -0.767. The average Bonchev–Trinajstić information content (AvgIpc) is 2.71. The first-order valence-corrected chi connectivity index (χ1v) is 7.68. The molecule has 1 aromatic heterocycles. The van der Waals surface area contributed by atoms with Crippen molar-refractivity contribution in [1.29, 1.82) is 0 Å². The predicted octanol–water partition coefficient (Wildman–Crippen LogP) is 2.46. The number of carbonyl (C=O) groups excluding carboxylic acids is 1. The fourth-order valence-electron chi connectivity index (χ4n) is 2.97. The van der Waals surface area contributed by atoms with Crippen LogP contribution in [-0.4, -0.2) is 41.1 Å². The molecule has 0 bridgehead atoms. The first-order valence-electron chi connectivity index (χ1n) is 7.68. The first-order chi connectivity index (χ1) is 10.7. The van der Waals surface area contributed by atoms with Crippen molar-refractivity contribution >= 4 is 5.91 Å². The Labute approximate surface area is 133 Å². The number of ether oxygens (including phenoxy) is 1. The molecule has 0 aromatic carbocycles. The molecular formula is C15H22F3N3O2. The maximum Gasteiger partial charge on any atom is 0.408 e. The second-order valence-corrected chi connectivity index (χ2v) is 6.00. The van der Waals surface area contributed by atoms with Gasteiger partial charge < -0.3 is 10.1 Å². The van der Waals surface area contributed by atoms with Crippen LogP contribution in [0.1, 0.15) is 42.6 Å². The molecular weight excluding hydrogens is 311 g/mol. The number of halogens is 3. The van der Waals surface area contributed by atoms with Crippen LogP contribution in [0.25, 0.3) is 0 Å². The fraction of sp³-hybridized carbons (Fsp3) is 0.733. The van der Waals surface area contributed by atoms with Crippen molar-refractivity contribution in [3.8, 4) is 0 Å². The van der Waals surface area contributed by atoms with Gasteiger partial charge in [-0.15, -0.1) is 0 Å². The van der Waals surface area contributed by atoms with E-state index in [9.17, 15) is 18.0 Å². The van der Waals surface area contributed by atoms with Crippen molar-refractivity contribution in [2.24, 2.45) is 0 Å². The summed E-state index contributed by atoms with van der Waals surface area (Å²) in [5, 5.41) is 6.84. The second kappa shape index (κ2) is 6.90. The van der Waals surface area contributed by atoms with Crippen LogP contribution in [0.3, 0.4) is 0 Å². The molecule has 2 heterocycles. The lowest BCUT2D eigenvalue weighted by Gasteiger charge is -2.24. The van der Waals surface area contributed by atoms with E-state index < -0.39 is 18.6 Å². The van der Waals surface area contributed by atoms with E-state index in [0.29, 0.717) is 30.2 Å². The van der Waals surface area contributed by atoms with Crippen molar-refractivity contribution in [1.82, 2.24) is 15.1 Å². The van der Waals surface area contributed by atoms with Gasteiger partial charge in [0, 0.05) is 17.9 Å². The number of hydrogen-bond donors (Lipinski definition) is 1. The van der Waals surface area contributed by atoms with Gasteiger partial charge >= 0.3 is 6.18 Å². The lowest BCUT2D eigenvalue weighted by Crippen LogP contribution is -2.42. The SMILES string of the molecule is Cc1nn(CC(F)(F)F)c(C)c1[C@@H](C)C(=O)N[C@@H]1CCCOC1. The van der Waals surface area contributed by atoms with Gasteiger partial charge in [-0.1, -0.05) is 0 Å². The van der Waals surface area contributed by atoms with Crippen molar-refractivity contribution in [2.45, 2.75) is 58.3 Å². The fourth-order valence-corrected chi connectivity index (χ4v) is 2.97. The maximum atomic E-state index is 12.6. The highest BCUT2D eigenvalue weighted by molar-refractivity contribution is 5.84. The van der Waals surface area contributed by atoms with Crippen LogP contribution >= 0.6 is 0 Å². The minimum Gasteiger partial charge on any atom is -0.379 e. The van der Waals surface area contributed by atoms with Gasteiger partial charge in [-0.3, -0.25) is 9.48 Å². The summed E-state index contributed by atoms with van der Waals surface area (Å²) in [7, 11) is 0. The molecule has 1 saturated heterocycles. The predicted molar refractivity (Wildman–Crippen MR) is 78.2 cm³/mol. The Hall–Kier alpha value is -1.57. The van der Waals surface area contributed by atoms with Gasteiger partial charge in [0.15, 0.2) is 0 Å². The number of amides is 1. The zero-order valence-electron chi connectivity index (χ0n) is 13.5. The summed E-state index contributed by atoms with van der Waals surface area (Å²) >= 11 is 0. The minimum absolute atomic E-state index is 0.0375. The summed E-state index contributed by atoms with van der Waals surface area (Å²) in [6.07, 6.45) is -2.60. The Kier molecular flexibility index (Phi) is 5.33. The maximum absolute atomic E-state index is 12.6. The van der Waals surface area contributed by atoms with Crippen molar-refractivity contribution in [3.05, 3.63) is 17.0 Å². The molecule has 2 rings (SSSR count). The molecule has 130 valence electrons. The number of aryl methyl sites for hydroxylation is 1. The third-order valence-electron chi connectivity index (χ3n) is 4.10. The lowest BCUT2D eigenvalue weighted by molar-refractivity contribution is -0.143. The second-order valence-electron chi connectivity index (χ2n) is 6.00. The van der Waals surface area contributed by atoms with E-state index in [-0.39, 0.29) is 11.9 Å². The molecule has 0 spiro atoms. The lowest BCUT2D eigenvalue weighted by atomic mass is 9.97. The Morgan fingerprint density at radius 2 is 2.17 bits per heavy atom. The van der Waals surface area contributed by atoms with Gasteiger partial charge in [0.2, 0.25) is 5.91 Å². The van der Waals surface area contributed by atoms with Gasteiger partial charge in [-0.2, -0.15) is 18.3 Å². The highest BCUT2D eigenvalue weighted by Gasteiger charge is 2.32. The number of aromatic nitrogens is 2. The molecule has 1 N–H and O–H groups in total. The van der Waals surface area contributed by atoms with Gasteiger partial charge in [-0.05, 0) is 33.6 Å². The number of alkyl halides is 3. The van der Waals surface area contributed by atoms with Crippen LogP contribution in [0.2, 0.25) is 0 Å². The van der Waals surface area contributed by atoms with Gasteiger partial charge in [0.1, 0.15) is 6.54 Å². The van der Waals surface area contributed by atoms with Crippen LogP contribution < -0.4 is 5.32 Å². The molecule has 0 unspecified atom stereocenters. The van der Waals surface area contributed by atoms with Gasteiger partial charge in [0.05, 0.1) is 24.3 Å². The monoisotopic (exact) mass is 333 g/mol. The molecule has 1 amide bonds.